The molecule has 0 N–H and O–H groups in total. The second-order valence-corrected chi connectivity index (χ2v) is 2.16. The highest BCUT2D eigenvalue weighted by molar-refractivity contribution is 5.36. The molecule has 0 aromatic rings. The molecule has 0 spiro atoms. The zero-order chi connectivity index (χ0) is 6.53. The smallest absolute Gasteiger partial charge is 0.293 e. The number of hydrogen-bond donors (Lipinski definition) is 0. The Labute approximate surface area is 53.9 Å². The first-order valence-corrected chi connectivity index (χ1v) is 3.06. The minimum Gasteiger partial charge on any atom is -0.468 e. The fraction of sp³-hybridized carbons (Fsp3) is 0.833. The van der Waals surface area contributed by atoms with Gasteiger partial charge in [-0.05, 0) is 6.42 Å². The van der Waals surface area contributed by atoms with Crippen LogP contribution in [0.1, 0.15) is 6.42 Å². The Kier molecular flexibility index (Phi) is 2.51. The van der Waals surface area contributed by atoms with E-state index in [1.54, 1.807) is 0 Å². The molecule has 3 nitrogen and oxygen atoms in total. The molecule has 52 valence electrons. The van der Waals surface area contributed by atoms with Crippen molar-refractivity contribution in [2.75, 3.05) is 19.8 Å². The van der Waals surface area contributed by atoms with Crippen molar-refractivity contribution < 1.29 is 14.3 Å². The molecule has 1 aliphatic heterocycles. The second kappa shape index (κ2) is 3.45. The van der Waals surface area contributed by atoms with Crippen molar-refractivity contribution in [3.8, 4) is 0 Å². The third-order valence-electron chi connectivity index (χ3n) is 1.42. The average molecular weight is 130 g/mol. The van der Waals surface area contributed by atoms with E-state index in [-0.39, 0.29) is 0 Å². The van der Waals surface area contributed by atoms with Crippen LogP contribution in [0, 0.1) is 5.92 Å². The summed E-state index contributed by atoms with van der Waals surface area (Å²) >= 11 is 0. The Morgan fingerprint density at radius 3 is 3.22 bits per heavy atom. The number of carbonyl (C=O) groups is 1. The van der Waals surface area contributed by atoms with Crippen LogP contribution < -0.4 is 0 Å². The maximum Gasteiger partial charge on any atom is 0.293 e. The molecule has 3 heteroatoms. The minimum absolute atomic E-state index is 0.440. The average Bonchev–Trinajstić information content (AvgIpc) is 2.34. The van der Waals surface area contributed by atoms with Crippen LogP contribution >= 0.6 is 0 Å². The molecule has 0 aromatic carbocycles. The lowest BCUT2D eigenvalue weighted by atomic mass is 10.1. The number of ether oxygens (including phenoxy) is 2. The molecule has 0 bridgehead atoms. The summed E-state index contributed by atoms with van der Waals surface area (Å²) in [6, 6.07) is 0. The highest BCUT2D eigenvalue weighted by Crippen LogP contribution is 2.11. The van der Waals surface area contributed by atoms with Gasteiger partial charge in [0.1, 0.15) is 0 Å². The molecular formula is C6H10O3. The summed E-state index contributed by atoms with van der Waals surface area (Å²) in [4.78, 5) is 9.70. The SMILES string of the molecule is O=COC[C@H]1CCOC1. The summed E-state index contributed by atoms with van der Waals surface area (Å²) in [5.74, 6) is 0.440. The summed E-state index contributed by atoms with van der Waals surface area (Å²) < 4.78 is 9.62. The van der Waals surface area contributed by atoms with E-state index in [1.807, 2.05) is 0 Å². The summed E-state index contributed by atoms with van der Waals surface area (Å²) in [5, 5.41) is 0. The predicted molar refractivity (Wildman–Crippen MR) is 30.9 cm³/mol. The van der Waals surface area contributed by atoms with Crippen LogP contribution in [0.15, 0.2) is 0 Å². The van der Waals surface area contributed by atoms with E-state index in [4.69, 9.17) is 4.74 Å². The molecule has 0 aromatic heterocycles. The van der Waals surface area contributed by atoms with Gasteiger partial charge in [-0.3, -0.25) is 4.79 Å². The summed E-state index contributed by atoms with van der Waals surface area (Å²) in [7, 11) is 0. The lowest BCUT2D eigenvalue weighted by molar-refractivity contribution is -0.129. The van der Waals surface area contributed by atoms with Gasteiger partial charge in [0.25, 0.3) is 6.47 Å². The van der Waals surface area contributed by atoms with Crippen molar-refractivity contribution in [3.63, 3.8) is 0 Å². The summed E-state index contributed by atoms with van der Waals surface area (Å²) in [5.41, 5.74) is 0. The largest absolute Gasteiger partial charge is 0.468 e. The van der Waals surface area contributed by atoms with Gasteiger partial charge in [-0.1, -0.05) is 0 Å². The quantitative estimate of drug-likeness (QED) is 0.512. The Morgan fingerprint density at radius 2 is 2.67 bits per heavy atom. The molecule has 0 unspecified atom stereocenters. The van der Waals surface area contributed by atoms with Crippen molar-refractivity contribution in [2.45, 2.75) is 6.42 Å². The third-order valence-corrected chi connectivity index (χ3v) is 1.42. The van der Waals surface area contributed by atoms with Crippen LogP contribution in [0.3, 0.4) is 0 Å². The topological polar surface area (TPSA) is 35.5 Å². The molecule has 1 aliphatic rings. The number of rotatable bonds is 3. The molecule has 0 aliphatic carbocycles. The van der Waals surface area contributed by atoms with Gasteiger partial charge in [0, 0.05) is 12.5 Å². The highest BCUT2D eigenvalue weighted by Gasteiger charge is 2.15. The molecule has 1 rings (SSSR count). The van der Waals surface area contributed by atoms with E-state index in [9.17, 15) is 4.79 Å². The summed E-state index contributed by atoms with van der Waals surface area (Å²) in [6.07, 6.45) is 1.02. The zero-order valence-electron chi connectivity index (χ0n) is 5.21. The van der Waals surface area contributed by atoms with Gasteiger partial charge in [0.2, 0.25) is 0 Å². The van der Waals surface area contributed by atoms with Gasteiger partial charge < -0.3 is 9.47 Å². The van der Waals surface area contributed by atoms with Crippen LogP contribution in [0.4, 0.5) is 0 Å². The molecule has 0 amide bonds. The maximum absolute atomic E-state index is 9.70. The molecule has 0 saturated carbocycles. The standard InChI is InChI=1S/C6H10O3/c7-5-9-4-6-1-2-8-3-6/h5-6H,1-4H2/t6-/m0/s1. The molecule has 9 heavy (non-hydrogen) atoms. The number of hydrogen-bond acceptors (Lipinski definition) is 3. The molecule has 1 fully saturated rings. The Bertz CT molecular complexity index is 86.3. The van der Waals surface area contributed by atoms with E-state index in [0.717, 1.165) is 19.6 Å². The van der Waals surface area contributed by atoms with Gasteiger partial charge in [-0.2, -0.15) is 0 Å². The fourth-order valence-electron chi connectivity index (χ4n) is 0.890. The monoisotopic (exact) mass is 130 g/mol. The molecule has 1 saturated heterocycles. The molecule has 1 atom stereocenters. The first-order valence-electron chi connectivity index (χ1n) is 3.06. The van der Waals surface area contributed by atoms with Crippen molar-refractivity contribution >= 4 is 6.47 Å². The summed E-state index contributed by atoms with van der Waals surface area (Å²) in [6.45, 7) is 2.56. The van der Waals surface area contributed by atoms with Crippen molar-refractivity contribution in [2.24, 2.45) is 5.92 Å². The molecule has 1 heterocycles. The van der Waals surface area contributed by atoms with E-state index in [2.05, 4.69) is 4.74 Å². The number of carbonyl (C=O) groups excluding carboxylic acids is 1. The van der Waals surface area contributed by atoms with E-state index in [1.165, 1.54) is 0 Å². The van der Waals surface area contributed by atoms with Crippen LogP contribution in [-0.2, 0) is 14.3 Å². The normalized spacial score (nSPS) is 26.0. The van der Waals surface area contributed by atoms with E-state index < -0.39 is 0 Å². The van der Waals surface area contributed by atoms with Gasteiger partial charge in [0.15, 0.2) is 0 Å². The molecule has 0 radical (unpaired) electrons. The Balaban J connectivity index is 2.04. The Morgan fingerprint density at radius 1 is 1.78 bits per heavy atom. The minimum atomic E-state index is 0.440. The first kappa shape index (κ1) is 6.55. The predicted octanol–water partition coefficient (Wildman–Crippen LogP) is 0.196. The lowest BCUT2D eigenvalue weighted by Gasteiger charge is -2.02. The van der Waals surface area contributed by atoms with Crippen LogP contribution in [0.25, 0.3) is 0 Å². The van der Waals surface area contributed by atoms with E-state index in [0.29, 0.717) is 19.0 Å². The van der Waals surface area contributed by atoms with Crippen molar-refractivity contribution in [3.05, 3.63) is 0 Å². The van der Waals surface area contributed by atoms with Gasteiger partial charge in [-0.15, -0.1) is 0 Å². The Hall–Kier alpha value is -0.570. The van der Waals surface area contributed by atoms with Crippen molar-refractivity contribution in [1.29, 1.82) is 0 Å². The molecular weight excluding hydrogens is 120 g/mol. The van der Waals surface area contributed by atoms with Gasteiger partial charge in [-0.25, -0.2) is 0 Å². The van der Waals surface area contributed by atoms with Gasteiger partial charge in [0.05, 0.1) is 13.2 Å². The third kappa shape index (κ3) is 2.01. The maximum atomic E-state index is 9.70. The van der Waals surface area contributed by atoms with E-state index >= 15 is 0 Å². The lowest BCUT2D eigenvalue weighted by Crippen LogP contribution is -2.07. The van der Waals surface area contributed by atoms with Crippen LogP contribution in [0.2, 0.25) is 0 Å². The van der Waals surface area contributed by atoms with Crippen LogP contribution in [0.5, 0.6) is 0 Å². The highest BCUT2D eigenvalue weighted by atomic mass is 16.5. The van der Waals surface area contributed by atoms with Crippen molar-refractivity contribution in [1.82, 2.24) is 0 Å². The first-order chi connectivity index (χ1) is 4.43. The second-order valence-electron chi connectivity index (χ2n) is 2.16. The van der Waals surface area contributed by atoms with Crippen LogP contribution in [-0.4, -0.2) is 26.3 Å². The fourth-order valence-corrected chi connectivity index (χ4v) is 0.890. The zero-order valence-corrected chi connectivity index (χ0v) is 5.21. The van der Waals surface area contributed by atoms with Gasteiger partial charge >= 0.3 is 0 Å².